The second-order valence-corrected chi connectivity index (χ2v) is 6.44. The Morgan fingerprint density at radius 1 is 0.880 bits per heavy atom. The highest BCUT2D eigenvalue weighted by molar-refractivity contribution is 5.90. The molecule has 132 valence electrons. The topological polar surface area (TPSA) is 47.6 Å². The molecule has 1 heterocycles. The van der Waals surface area contributed by atoms with E-state index in [2.05, 4.69) is 51.7 Å². The third-order valence-corrected chi connectivity index (χ3v) is 4.51. The van der Waals surface area contributed by atoms with Crippen LogP contribution in [-0.4, -0.2) is 44.0 Å². The van der Waals surface area contributed by atoms with Crippen LogP contribution in [0, 0.1) is 0 Å². The molecule has 0 aromatic heterocycles. The molecule has 5 nitrogen and oxygen atoms in total. The summed E-state index contributed by atoms with van der Waals surface area (Å²) < 4.78 is 0. The Balaban J connectivity index is 1.58. The van der Waals surface area contributed by atoms with Crippen molar-refractivity contribution >= 4 is 28.7 Å². The van der Waals surface area contributed by atoms with Gasteiger partial charge in [-0.15, -0.1) is 0 Å². The van der Waals surface area contributed by atoms with Crippen molar-refractivity contribution in [2.75, 3.05) is 48.8 Å². The molecule has 0 spiro atoms. The Kier molecular flexibility index (Phi) is 5.56. The molecule has 0 saturated carbocycles. The summed E-state index contributed by atoms with van der Waals surface area (Å²) in [4.78, 5) is 16.2. The summed E-state index contributed by atoms with van der Waals surface area (Å²) in [6.45, 7) is 6.22. The van der Waals surface area contributed by atoms with Gasteiger partial charge >= 0.3 is 0 Å². The molecule has 5 heteroatoms. The molecule has 0 bridgehead atoms. The van der Waals surface area contributed by atoms with Gasteiger partial charge in [0.15, 0.2) is 0 Å². The summed E-state index contributed by atoms with van der Waals surface area (Å²) in [5.74, 6) is 0.0280. The van der Waals surface area contributed by atoms with E-state index in [0.717, 1.165) is 43.2 Å². The fourth-order valence-electron chi connectivity index (χ4n) is 2.87. The van der Waals surface area contributed by atoms with E-state index >= 15 is 0 Å². The second-order valence-electron chi connectivity index (χ2n) is 6.44. The minimum atomic E-state index is 0.0280. The van der Waals surface area contributed by atoms with Crippen LogP contribution in [0.25, 0.3) is 0 Å². The minimum Gasteiger partial charge on any atom is -0.369 e. The highest BCUT2D eigenvalue weighted by Gasteiger charge is 2.13. The molecule has 3 rings (SSSR count). The zero-order valence-electron chi connectivity index (χ0n) is 15.0. The van der Waals surface area contributed by atoms with E-state index in [4.69, 9.17) is 0 Å². The van der Waals surface area contributed by atoms with Crippen LogP contribution in [-0.2, 0) is 4.79 Å². The van der Waals surface area contributed by atoms with Crippen LogP contribution in [0.2, 0.25) is 0 Å². The first kappa shape index (κ1) is 17.3. The van der Waals surface area contributed by atoms with Crippen LogP contribution in [0.1, 0.15) is 13.3 Å². The molecular weight excluding hydrogens is 312 g/mol. The lowest BCUT2D eigenvalue weighted by Crippen LogP contribution is -2.44. The molecule has 0 aliphatic carbocycles. The predicted molar refractivity (Wildman–Crippen MR) is 105 cm³/mol. The molecule has 1 saturated heterocycles. The van der Waals surface area contributed by atoms with Gasteiger partial charge in [-0.25, -0.2) is 0 Å². The average molecular weight is 338 g/mol. The van der Waals surface area contributed by atoms with Gasteiger partial charge in [0.25, 0.3) is 0 Å². The third kappa shape index (κ3) is 4.73. The van der Waals surface area contributed by atoms with E-state index in [9.17, 15) is 4.79 Å². The van der Waals surface area contributed by atoms with E-state index in [0.29, 0.717) is 6.42 Å². The fourth-order valence-corrected chi connectivity index (χ4v) is 2.87. The largest absolute Gasteiger partial charge is 0.369 e. The van der Waals surface area contributed by atoms with Gasteiger partial charge in [0.1, 0.15) is 0 Å². The monoisotopic (exact) mass is 338 g/mol. The number of amides is 1. The molecule has 25 heavy (non-hydrogen) atoms. The van der Waals surface area contributed by atoms with Crippen LogP contribution in [0.4, 0.5) is 22.7 Å². The van der Waals surface area contributed by atoms with Gasteiger partial charge in [-0.2, -0.15) is 0 Å². The number of hydrogen-bond donors (Lipinski definition) is 2. The van der Waals surface area contributed by atoms with Crippen molar-refractivity contribution in [3.8, 4) is 0 Å². The Hall–Kier alpha value is -2.53. The molecule has 1 aliphatic heterocycles. The summed E-state index contributed by atoms with van der Waals surface area (Å²) >= 11 is 0. The highest BCUT2D eigenvalue weighted by Crippen LogP contribution is 2.23. The third-order valence-electron chi connectivity index (χ3n) is 4.51. The summed E-state index contributed by atoms with van der Waals surface area (Å²) in [6, 6.07) is 16.3. The zero-order chi connectivity index (χ0) is 17.6. The predicted octanol–water partition coefficient (Wildman–Crippen LogP) is 3.53. The molecule has 2 aromatic carbocycles. The van der Waals surface area contributed by atoms with Crippen molar-refractivity contribution in [2.24, 2.45) is 0 Å². The van der Waals surface area contributed by atoms with Crippen molar-refractivity contribution in [1.29, 1.82) is 0 Å². The molecule has 1 fully saturated rings. The maximum atomic E-state index is 11.4. The second kappa shape index (κ2) is 8.03. The number of anilines is 4. The first-order valence-electron chi connectivity index (χ1n) is 8.84. The molecule has 2 N–H and O–H groups in total. The highest BCUT2D eigenvalue weighted by atomic mass is 16.1. The standard InChI is InChI=1S/C20H26N4O/c1-3-20(25)22-18-6-4-16(5-7-18)21-17-8-10-19(11-9-17)24-14-12-23(2)13-15-24/h4-11,21H,3,12-15H2,1-2H3,(H,22,25). The first-order valence-corrected chi connectivity index (χ1v) is 8.84. The van der Waals surface area contributed by atoms with Gasteiger partial charge in [0.05, 0.1) is 0 Å². The van der Waals surface area contributed by atoms with Gasteiger partial charge in [0.2, 0.25) is 5.91 Å². The number of likely N-dealkylation sites (N-methyl/N-ethyl adjacent to an activating group) is 1. The lowest BCUT2D eigenvalue weighted by Gasteiger charge is -2.34. The number of carbonyl (C=O) groups excluding carboxylic acids is 1. The number of rotatable bonds is 5. The Labute approximate surface area is 149 Å². The van der Waals surface area contributed by atoms with E-state index < -0.39 is 0 Å². The Bertz CT molecular complexity index is 689. The van der Waals surface area contributed by atoms with E-state index in [-0.39, 0.29) is 5.91 Å². The van der Waals surface area contributed by atoms with Crippen molar-refractivity contribution in [1.82, 2.24) is 4.90 Å². The lowest BCUT2D eigenvalue weighted by atomic mass is 10.2. The number of benzene rings is 2. The maximum Gasteiger partial charge on any atom is 0.224 e. The van der Waals surface area contributed by atoms with Gasteiger partial charge in [-0.3, -0.25) is 4.79 Å². The summed E-state index contributed by atoms with van der Waals surface area (Å²) in [6.07, 6.45) is 0.486. The summed E-state index contributed by atoms with van der Waals surface area (Å²) in [5, 5.41) is 6.25. The number of piperazine rings is 1. The normalized spacial score (nSPS) is 15.0. The first-order chi connectivity index (χ1) is 12.1. The van der Waals surface area contributed by atoms with Crippen LogP contribution in [0.5, 0.6) is 0 Å². The molecular formula is C20H26N4O. The zero-order valence-corrected chi connectivity index (χ0v) is 15.0. The minimum absolute atomic E-state index is 0.0280. The van der Waals surface area contributed by atoms with Crippen LogP contribution in [0.3, 0.4) is 0 Å². The van der Waals surface area contributed by atoms with Crippen molar-refractivity contribution in [3.63, 3.8) is 0 Å². The smallest absolute Gasteiger partial charge is 0.224 e. The Morgan fingerprint density at radius 2 is 1.40 bits per heavy atom. The maximum absolute atomic E-state index is 11.4. The number of hydrogen-bond acceptors (Lipinski definition) is 4. The van der Waals surface area contributed by atoms with Gasteiger partial charge in [-0.1, -0.05) is 6.92 Å². The molecule has 1 aliphatic rings. The fraction of sp³-hybridized carbons (Fsp3) is 0.350. The van der Waals surface area contributed by atoms with Crippen LogP contribution in [0.15, 0.2) is 48.5 Å². The molecule has 2 aromatic rings. The number of nitrogens with one attached hydrogen (secondary N) is 2. The molecule has 0 radical (unpaired) electrons. The quantitative estimate of drug-likeness (QED) is 0.875. The average Bonchev–Trinajstić information content (AvgIpc) is 2.64. The number of nitrogens with zero attached hydrogens (tertiary/aromatic N) is 2. The van der Waals surface area contributed by atoms with E-state index in [1.165, 1.54) is 5.69 Å². The van der Waals surface area contributed by atoms with Crippen LogP contribution >= 0.6 is 0 Å². The number of carbonyl (C=O) groups is 1. The summed E-state index contributed by atoms with van der Waals surface area (Å²) in [7, 11) is 2.17. The summed E-state index contributed by atoms with van der Waals surface area (Å²) in [5.41, 5.74) is 4.16. The van der Waals surface area contributed by atoms with Gasteiger partial charge in [0, 0.05) is 55.3 Å². The van der Waals surface area contributed by atoms with Gasteiger partial charge < -0.3 is 20.4 Å². The van der Waals surface area contributed by atoms with Crippen LogP contribution < -0.4 is 15.5 Å². The van der Waals surface area contributed by atoms with Crippen molar-refractivity contribution < 1.29 is 4.79 Å². The van der Waals surface area contributed by atoms with Crippen molar-refractivity contribution in [3.05, 3.63) is 48.5 Å². The Morgan fingerprint density at radius 3 is 1.96 bits per heavy atom. The molecule has 0 atom stereocenters. The molecule has 1 amide bonds. The SMILES string of the molecule is CCC(=O)Nc1ccc(Nc2ccc(N3CCN(C)CC3)cc2)cc1. The lowest BCUT2D eigenvalue weighted by molar-refractivity contribution is -0.115. The van der Waals surface area contributed by atoms with E-state index in [1.807, 2.05) is 31.2 Å². The van der Waals surface area contributed by atoms with Gasteiger partial charge in [-0.05, 0) is 55.6 Å². The molecule has 0 unspecified atom stereocenters. The van der Waals surface area contributed by atoms with E-state index in [1.54, 1.807) is 0 Å². The van der Waals surface area contributed by atoms with Crippen molar-refractivity contribution in [2.45, 2.75) is 13.3 Å².